The van der Waals surface area contributed by atoms with Crippen LogP contribution in [0.25, 0.3) is 11.5 Å². The normalized spacial score (nSPS) is 12.4. The summed E-state index contributed by atoms with van der Waals surface area (Å²) in [4.78, 5) is 15.0. The Kier molecular flexibility index (Phi) is 7.57. The van der Waals surface area contributed by atoms with E-state index in [0.29, 0.717) is 22.4 Å². The van der Waals surface area contributed by atoms with Gasteiger partial charge in [-0.05, 0) is 69.3 Å². The maximum atomic E-state index is 12.7. The first-order valence-electron chi connectivity index (χ1n) is 10.2. The molecule has 0 radical (unpaired) electrons. The second kappa shape index (κ2) is 10.2. The maximum absolute atomic E-state index is 12.7. The number of nitrogens with zero attached hydrogens (tertiary/aromatic N) is 3. The lowest BCUT2D eigenvalue weighted by Crippen LogP contribution is -2.21. The van der Waals surface area contributed by atoms with E-state index in [2.05, 4.69) is 33.7 Å². The number of hydrogen-bond donors (Lipinski definition) is 1. The number of nitrogens with one attached hydrogen (secondary N) is 1. The second-order valence-corrected chi connectivity index (χ2v) is 10.2. The zero-order chi connectivity index (χ0) is 23.3. The molecule has 0 saturated carbocycles. The lowest BCUT2D eigenvalue weighted by atomic mass is 10.1. The number of aromatic nitrogens is 2. The van der Waals surface area contributed by atoms with Gasteiger partial charge >= 0.3 is 0 Å². The number of Topliss-reactive ketones (excluding diaryl/α,β-unsaturated/α-hetero) is 1. The van der Waals surface area contributed by atoms with E-state index >= 15 is 0 Å². The van der Waals surface area contributed by atoms with E-state index in [9.17, 15) is 13.2 Å². The monoisotopic (exact) mass is 474 g/mol. The van der Waals surface area contributed by atoms with Crippen LogP contribution in [0.15, 0.2) is 58.2 Å². The quantitative estimate of drug-likeness (QED) is 0.342. The molecule has 0 bridgehead atoms. The van der Waals surface area contributed by atoms with Crippen molar-refractivity contribution in [1.82, 2.24) is 10.2 Å². The highest BCUT2D eigenvalue weighted by atomic mass is 32.2. The molecular weight excluding hydrogens is 448 g/mol. The fraction of sp³-hybridized carbons (Fsp3) is 0.318. The van der Waals surface area contributed by atoms with Crippen LogP contribution in [0.2, 0.25) is 0 Å². The number of benzene rings is 2. The molecule has 0 aliphatic rings. The molecule has 32 heavy (non-hydrogen) atoms. The van der Waals surface area contributed by atoms with Crippen molar-refractivity contribution in [3.63, 3.8) is 0 Å². The first-order valence-corrected chi connectivity index (χ1v) is 12.9. The van der Waals surface area contributed by atoms with Gasteiger partial charge in [-0.1, -0.05) is 11.8 Å². The maximum Gasteiger partial charge on any atom is 0.277 e. The average molecular weight is 475 g/mol. The van der Waals surface area contributed by atoms with Crippen LogP contribution in [-0.4, -0.2) is 49.0 Å². The second-order valence-electron chi connectivity index (χ2n) is 7.17. The molecule has 1 unspecified atom stereocenters. The van der Waals surface area contributed by atoms with Crippen molar-refractivity contribution >= 4 is 38.9 Å². The van der Waals surface area contributed by atoms with Crippen molar-refractivity contribution in [1.29, 1.82) is 0 Å². The number of thioether (sulfide) groups is 1. The molecule has 170 valence electrons. The van der Waals surface area contributed by atoms with Gasteiger partial charge in [0.05, 0.1) is 11.5 Å². The van der Waals surface area contributed by atoms with Crippen LogP contribution in [0.5, 0.6) is 0 Å². The topological polar surface area (TPSA) is 105 Å². The highest BCUT2D eigenvalue weighted by molar-refractivity contribution is 8.00. The van der Waals surface area contributed by atoms with Gasteiger partial charge in [0.25, 0.3) is 5.22 Å². The van der Waals surface area contributed by atoms with Gasteiger partial charge < -0.3 is 9.32 Å². The summed E-state index contributed by atoms with van der Waals surface area (Å²) in [5.41, 5.74) is 2.81. The third-order valence-corrected chi connectivity index (χ3v) is 6.31. The summed E-state index contributed by atoms with van der Waals surface area (Å²) in [6.07, 6.45) is 1.07. The fourth-order valence-electron chi connectivity index (χ4n) is 3.13. The minimum absolute atomic E-state index is 0.121. The van der Waals surface area contributed by atoms with Crippen molar-refractivity contribution in [2.45, 2.75) is 31.2 Å². The molecule has 3 rings (SSSR count). The Morgan fingerprint density at radius 1 is 1.06 bits per heavy atom. The van der Waals surface area contributed by atoms with Crippen LogP contribution in [0.1, 0.15) is 31.1 Å². The number of ketones is 1. The van der Waals surface area contributed by atoms with E-state index in [4.69, 9.17) is 4.42 Å². The molecule has 3 aromatic rings. The Morgan fingerprint density at radius 3 is 2.25 bits per heavy atom. The number of rotatable bonds is 10. The van der Waals surface area contributed by atoms with Gasteiger partial charge in [-0.25, -0.2) is 8.42 Å². The van der Waals surface area contributed by atoms with Gasteiger partial charge in [0.2, 0.25) is 15.9 Å². The molecule has 1 atom stereocenters. The first-order chi connectivity index (χ1) is 15.2. The van der Waals surface area contributed by atoms with E-state index in [1.807, 2.05) is 24.3 Å². The minimum atomic E-state index is -3.37. The largest absolute Gasteiger partial charge is 0.411 e. The smallest absolute Gasteiger partial charge is 0.277 e. The van der Waals surface area contributed by atoms with Crippen molar-refractivity contribution in [2.24, 2.45) is 0 Å². The van der Waals surface area contributed by atoms with E-state index < -0.39 is 15.3 Å². The van der Waals surface area contributed by atoms with Gasteiger partial charge in [-0.2, -0.15) is 0 Å². The van der Waals surface area contributed by atoms with E-state index in [-0.39, 0.29) is 5.78 Å². The van der Waals surface area contributed by atoms with Crippen molar-refractivity contribution in [3.8, 4) is 11.5 Å². The summed E-state index contributed by atoms with van der Waals surface area (Å²) in [5, 5.41) is 8.02. The fourth-order valence-corrected chi connectivity index (χ4v) is 4.46. The molecule has 0 aliphatic heterocycles. The van der Waals surface area contributed by atoms with Crippen LogP contribution < -0.4 is 9.62 Å². The molecule has 1 heterocycles. The molecular formula is C22H26N4O4S2. The molecule has 0 fully saturated rings. The summed E-state index contributed by atoms with van der Waals surface area (Å²) >= 11 is 1.18. The van der Waals surface area contributed by atoms with Crippen LogP contribution in [0.4, 0.5) is 11.4 Å². The Labute approximate surface area is 192 Å². The summed E-state index contributed by atoms with van der Waals surface area (Å²) in [6, 6.07) is 14.2. The number of anilines is 2. The Hall–Kier alpha value is -2.85. The average Bonchev–Trinajstić information content (AvgIpc) is 3.22. The van der Waals surface area contributed by atoms with Gasteiger partial charge in [-0.15, -0.1) is 10.2 Å². The first kappa shape index (κ1) is 23.8. The molecule has 0 aliphatic carbocycles. The van der Waals surface area contributed by atoms with Gasteiger partial charge in [0.15, 0.2) is 5.78 Å². The third-order valence-electron chi connectivity index (χ3n) is 4.77. The highest BCUT2D eigenvalue weighted by Gasteiger charge is 2.20. The van der Waals surface area contributed by atoms with E-state index in [0.717, 1.165) is 30.6 Å². The number of hydrogen-bond acceptors (Lipinski definition) is 8. The van der Waals surface area contributed by atoms with Crippen molar-refractivity contribution < 1.29 is 17.6 Å². The Balaban J connectivity index is 1.65. The lowest BCUT2D eigenvalue weighted by molar-refractivity contribution is 0.0993. The van der Waals surface area contributed by atoms with Crippen LogP contribution in [0, 0.1) is 0 Å². The molecule has 8 nitrogen and oxygen atoms in total. The zero-order valence-electron chi connectivity index (χ0n) is 18.4. The minimum Gasteiger partial charge on any atom is -0.411 e. The number of sulfonamides is 1. The zero-order valence-corrected chi connectivity index (χ0v) is 20.0. The van der Waals surface area contributed by atoms with Crippen molar-refractivity contribution in [3.05, 3.63) is 54.1 Å². The van der Waals surface area contributed by atoms with Gasteiger partial charge in [0, 0.05) is 35.6 Å². The molecule has 0 spiro atoms. The SMILES string of the molecule is CCN(CC)c1ccc(-c2nnc(SC(C)C(=O)c3ccc(NS(C)(=O)=O)cc3)o2)cc1. The third kappa shape index (κ3) is 6.10. The predicted octanol–water partition coefficient (Wildman–Crippen LogP) is 4.32. The number of carbonyl (C=O) groups excluding carboxylic acids is 1. The van der Waals surface area contributed by atoms with E-state index in [1.165, 1.54) is 11.8 Å². The van der Waals surface area contributed by atoms with Crippen molar-refractivity contribution in [2.75, 3.05) is 29.0 Å². The molecule has 0 amide bonds. The number of carbonyl (C=O) groups is 1. The van der Waals surface area contributed by atoms with E-state index in [1.54, 1.807) is 31.2 Å². The molecule has 1 aromatic heterocycles. The predicted molar refractivity (Wildman–Crippen MR) is 128 cm³/mol. The summed E-state index contributed by atoms with van der Waals surface area (Å²) in [7, 11) is -3.37. The summed E-state index contributed by atoms with van der Waals surface area (Å²) < 4.78 is 30.7. The molecule has 10 heteroatoms. The van der Waals surface area contributed by atoms with Crippen LogP contribution >= 0.6 is 11.8 Å². The van der Waals surface area contributed by atoms with Gasteiger partial charge in [0.1, 0.15) is 0 Å². The highest BCUT2D eigenvalue weighted by Crippen LogP contribution is 2.29. The Bertz CT molecular complexity index is 1160. The Morgan fingerprint density at radius 2 is 1.69 bits per heavy atom. The molecule has 1 N–H and O–H groups in total. The van der Waals surface area contributed by atoms with Gasteiger partial charge in [-0.3, -0.25) is 9.52 Å². The van der Waals surface area contributed by atoms with Crippen LogP contribution in [0.3, 0.4) is 0 Å². The summed E-state index contributed by atoms with van der Waals surface area (Å²) in [6.45, 7) is 7.85. The standard InChI is InChI=1S/C22H26N4O4S2/c1-5-26(6-2)19-13-9-17(10-14-19)21-23-24-22(30-21)31-15(3)20(27)16-7-11-18(12-8-16)25-32(4,28)29/h7-15,25H,5-6H2,1-4H3. The molecule has 0 saturated heterocycles. The lowest BCUT2D eigenvalue weighted by Gasteiger charge is -2.20. The molecule has 2 aromatic carbocycles. The summed E-state index contributed by atoms with van der Waals surface area (Å²) in [5.74, 6) is 0.277. The van der Waals surface area contributed by atoms with Crippen LogP contribution in [-0.2, 0) is 10.0 Å².